The van der Waals surface area contributed by atoms with Gasteiger partial charge in [0.1, 0.15) is 11.4 Å². The molecule has 2 heterocycles. The summed E-state index contributed by atoms with van der Waals surface area (Å²) in [6.07, 6.45) is 1.36. The Bertz CT molecular complexity index is 447. The highest BCUT2D eigenvalue weighted by atomic mass is 16.5. The van der Waals surface area contributed by atoms with E-state index in [1.54, 1.807) is 0 Å². The fraction of sp³-hybridized carbons (Fsp3) is 0.600. The van der Waals surface area contributed by atoms with E-state index in [4.69, 9.17) is 9.47 Å². The van der Waals surface area contributed by atoms with Crippen molar-refractivity contribution < 1.29 is 14.6 Å². The predicted molar refractivity (Wildman–Crippen MR) is 68.7 cm³/mol. The zero-order chi connectivity index (χ0) is 12.8. The lowest BCUT2D eigenvalue weighted by atomic mass is 9.92. The van der Waals surface area contributed by atoms with Crippen molar-refractivity contribution in [2.75, 3.05) is 13.2 Å². The Morgan fingerprint density at radius 3 is 2.94 bits per heavy atom. The molecule has 18 heavy (non-hydrogen) atoms. The number of ether oxygens (including phenoxy) is 2. The highest BCUT2D eigenvalue weighted by Gasteiger charge is 2.35. The topological polar surface area (TPSA) is 38.7 Å². The molecule has 1 aromatic carbocycles. The minimum atomic E-state index is -0.476. The van der Waals surface area contributed by atoms with E-state index < -0.39 is 6.10 Å². The van der Waals surface area contributed by atoms with Crippen molar-refractivity contribution in [3.63, 3.8) is 0 Å². The van der Waals surface area contributed by atoms with Crippen LogP contribution < -0.4 is 4.74 Å². The lowest BCUT2D eigenvalue weighted by Crippen LogP contribution is -2.25. The van der Waals surface area contributed by atoms with Crippen LogP contribution in [0.2, 0.25) is 0 Å². The molecule has 98 valence electrons. The zero-order valence-corrected chi connectivity index (χ0v) is 11.0. The molecule has 0 bridgehead atoms. The molecule has 3 rings (SSSR count). The third-order valence-electron chi connectivity index (χ3n) is 3.85. The van der Waals surface area contributed by atoms with Gasteiger partial charge in [-0.15, -0.1) is 0 Å². The van der Waals surface area contributed by atoms with Gasteiger partial charge in [-0.1, -0.05) is 18.2 Å². The Hall–Kier alpha value is -1.06. The number of fused-ring (bicyclic) bond motifs is 1. The van der Waals surface area contributed by atoms with Crippen LogP contribution in [-0.4, -0.2) is 23.9 Å². The Kier molecular flexibility index (Phi) is 2.83. The van der Waals surface area contributed by atoms with Crippen molar-refractivity contribution in [3.8, 4) is 5.75 Å². The van der Waals surface area contributed by atoms with Gasteiger partial charge in [0.05, 0.1) is 12.7 Å². The summed E-state index contributed by atoms with van der Waals surface area (Å²) in [6, 6.07) is 6.08. The van der Waals surface area contributed by atoms with Gasteiger partial charge in [-0.25, -0.2) is 0 Å². The van der Waals surface area contributed by atoms with Crippen LogP contribution in [0.4, 0.5) is 0 Å². The van der Waals surface area contributed by atoms with E-state index in [1.807, 2.05) is 12.1 Å². The summed E-state index contributed by atoms with van der Waals surface area (Å²) >= 11 is 0. The second-order valence-corrected chi connectivity index (χ2v) is 5.94. The van der Waals surface area contributed by atoms with E-state index in [9.17, 15) is 5.11 Å². The number of hydrogen-bond donors (Lipinski definition) is 1. The van der Waals surface area contributed by atoms with Crippen LogP contribution in [0.3, 0.4) is 0 Å². The Balaban J connectivity index is 1.92. The predicted octanol–water partition coefficient (Wildman–Crippen LogP) is 2.47. The van der Waals surface area contributed by atoms with E-state index in [1.165, 1.54) is 5.56 Å². The van der Waals surface area contributed by atoms with E-state index in [2.05, 4.69) is 19.9 Å². The molecule has 1 fully saturated rings. The van der Waals surface area contributed by atoms with Crippen LogP contribution in [0.5, 0.6) is 5.75 Å². The highest BCUT2D eigenvalue weighted by Crippen LogP contribution is 2.42. The maximum absolute atomic E-state index is 10.5. The molecule has 0 radical (unpaired) electrons. The van der Waals surface area contributed by atoms with Gasteiger partial charge < -0.3 is 14.6 Å². The van der Waals surface area contributed by atoms with Crippen molar-refractivity contribution in [1.82, 2.24) is 0 Å². The quantitative estimate of drug-likeness (QED) is 0.873. The first kappa shape index (κ1) is 12.0. The van der Waals surface area contributed by atoms with Crippen molar-refractivity contribution >= 4 is 0 Å². The molecule has 1 aromatic rings. The second-order valence-electron chi connectivity index (χ2n) is 5.94. The number of hydrogen-bond acceptors (Lipinski definition) is 3. The first-order valence-electron chi connectivity index (χ1n) is 6.63. The third kappa shape index (κ3) is 2.02. The average Bonchev–Trinajstić information content (AvgIpc) is 2.91. The van der Waals surface area contributed by atoms with Crippen molar-refractivity contribution in [3.05, 3.63) is 29.3 Å². The largest absolute Gasteiger partial charge is 0.487 e. The molecule has 3 heteroatoms. The molecule has 2 aliphatic rings. The van der Waals surface area contributed by atoms with Gasteiger partial charge in [-0.2, -0.15) is 0 Å². The third-order valence-corrected chi connectivity index (χ3v) is 3.85. The second kappa shape index (κ2) is 4.25. The molecule has 0 aromatic heterocycles. The summed E-state index contributed by atoms with van der Waals surface area (Å²) in [4.78, 5) is 0. The molecule has 2 atom stereocenters. The van der Waals surface area contributed by atoms with Gasteiger partial charge in [0.15, 0.2) is 0 Å². The maximum atomic E-state index is 10.5. The lowest BCUT2D eigenvalue weighted by Gasteiger charge is -2.22. The lowest BCUT2D eigenvalue weighted by molar-refractivity contribution is 0.0832. The minimum Gasteiger partial charge on any atom is -0.487 e. The fourth-order valence-corrected chi connectivity index (χ4v) is 2.93. The van der Waals surface area contributed by atoms with E-state index in [0.717, 1.165) is 30.8 Å². The van der Waals surface area contributed by atoms with E-state index in [-0.39, 0.29) is 11.5 Å². The summed E-state index contributed by atoms with van der Waals surface area (Å²) in [5.41, 5.74) is 1.97. The number of para-hydroxylation sites is 1. The van der Waals surface area contributed by atoms with Crippen LogP contribution >= 0.6 is 0 Å². The molecular weight excluding hydrogens is 228 g/mol. The van der Waals surface area contributed by atoms with Crippen LogP contribution in [0, 0.1) is 5.92 Å². The van der Waals surface area contributed by atoms with Crippen LogP contribution in [0.1, 0.15) is 37.5 Å². The van der Waals surface area contributed by atoms with Gasteiger partial charge in [-0.05, 0) is 25.8 Å². The number of aliphatic hydroxyl groups excluding tert-OH is 1. The van der Waals surface area contributed by atoms with E-state index in [0.29, 0.717) is 6.61 Å². The molecule has 2 unspecified atom stereocenters. The SMILES string of the molecule is CC1(C)Cc2cccc(C(O)C3CCOC3)c2O1. The molecule has 1 saturated heterocycles. The molecule has 2 aliphatic heterocycles. The number of aliphatic hydroxyl groups is 1. The van der Waals surface area contributed by atoms with Gasteiger partial charge in [-0.3, -0.25) is 0 Å². The van der Waals surface area contributed by atoms with Crippen molar-refractivity contribution in [2.45, 2.75) is 38.4 Å². The molecule has 1 N–H and O–H groups in total. The molecule has 3 nitrogen and oxygen atoms in total. The monoisotopic (exact) mass is 248 g/mol. The first-order chi connectivity index (χ1) is 8.57. The summed E-state index contributed by atoms with van der Waals surface area (Å²) in [5.74, 6) is 1.09. The summed E-state index contributed by atoms with van der Waals surface area (Å²) in [5, 5.41) is 10.5. The summed E-state index contributed by atoms with van der Waals surface area (Å²) in [7, 11) is 0. The summed E-state index contributed by atoms with van der Waals surface area (Å²) in [6.45, 7) is 5.57. The normalized spacial score (nSPS) is 26.7. The first-order valence-corrected chi connectivity index (χ1v) is 6.63. The van der Waals surface area contributed by atoms with Gasteiger partial charge in [0.2, 0.25) is 0 Å². The Morgan fingerprint density at radius 1 is 1.39 bits per heavy atom. The Labute approximate surface area is 108 Å². The van der Waals surface area contributed by atoms with Crippen molar-refractivity contribution in [2.24, 2.45) is 5.92 Å². The number of benzene rings is 1. The average molecular weight is 248 g/mol. The standard InChI is InChI=1S/C15H20O3/c1-15(2)8-10-4-3-5-12(14(10)18-15)13(16)11-6-7-17-9-11/h3-5,11,13,16H,6-9H2,1-2H3. The van der Waals surface area contributed by atoms with Crippen LogP contribution in [-0.2, 0) is 11.2 Å². The van der Waals surface area contributed by atoms with E-state index >= 15 is 0 Å². The van der Waals surface area contributed by atoms with Crippen LogP contribution in [0.25, 0.3) is 0 Å². The van der Waals surface area contributed by atoms with Crippen molar-refractivity contribution in [1.29, 1.82) is 0 Å². The van der Waals surface area contributed by atoms with Crippen LogP contribution in [0.15, 0.2) is 18.2 Å². The molecule has 0 saturated carbocycles. The Morgan fingerprint density at radius 2 is 2.22 bits per heavy atom. The highest BCUT2D eigenvalue weighted by molar-refractivity contribution is 5.47. The van der Waals surface area contributed by atoms with Gasteiger partial charge >= 0.3 is 0 Å². The van der Waals surface area contributed by atoms with Gasteiger partial charge in [0, 0.05) is 24.5 Å². The molecular formula is C15H20O3. The fourth-order valence-electron chi connectivity index (χ4n) is 2.93. The minimum absolute atomic E-state index is 0.162. The smallest absolute Gasteiger partial charge is 0.129 e. The molecule has 0 aliphatic carbocycles. The maximum Gasteiger partial charge on any atom is 0.129 e. The number of rotatable bonds is 2. The van der Waals surface area contributed by atoms with Gasteiger partial charge in [0.25, 0.3) is 0 Å². The zero-order valence-electron chi connectivity index (χ0n) is 11.0. The molecule has 0 spiro atoms. The summed E-state index contributed by atoms with van der Waals surface area (Å²) < 4.78 is 11.4. The molecule has 0 amide bonds.